The Morgan fingerprint density at radius 1 is 1.19 bits per heavy atom. The molecule has 1 heterocycles. The van der Waals surface area contributed by atoms with Crippen molar-refractivity contribution in [2.45, 2.75) is 19.8 Å². The molecular weight excluding hydrogens is 286 g/mol. The Bertz CT molecular complexity index is 648. The van der Waals surface area contributed by atoms with Crippen LogP contribution in [0.3, 0.4) is 0 Å². The van der Waals surface area contributed by atoms with Crippen molar-refractivity contribution < 1.29 is 14.3 Å². The van der Waals surface area contributed by atoms with Crippen LogP contribution in [0.25, 0.3) is 0 Å². The molecule has 0 radical (unpaired) electrons. The molecule has 110 valence electrons. The number of hydrogen-bond acceptors (Lipinski definition) is 4. The Morgan fingerprint density at radius 3 is 2.67 bits per heavy atom. The van der Waals surface area contributed by atoms with Gasteiger partial charge in [-0.05, 0) is 31.2 Å². The largest absolute Gasteiger partial charge is 0.497 e. The van der Waals surface area contributed by atoms with Crippen molar-refractivity contribution in [3.05, 3.63) is 46.2 Å². The van der Waals surface area contributed by atoms with Gasteiger partial charge in [0.15, 0.2) is 5.78 Å². The fourth-order valence-corrected chi connectivity index (χ4v) is 2.69. The number of benzene rings is 1. The van der Waals surface area contributed by atoms with Crippen molar-refractivity contribution in [1.29, 1.82) is 0 Å². The van der Waals surface area contributed by atoms with Crippen molar-refractivity contribution in [1.82, 2.24) is 0 Å². The maximum Gasteiger partial charge on any atom is 0.224 e. The number of ketones is 1. The lowest BCUT2D eigenvalue weighted by Crippen LogP contribution is -2.13. The van der Waals surface area contributed by atoms with Gasteiger partial charge in [-0.2, -0.15) is 0 Å². The van der Waals surface area contributed by atoms with Gasteiger partial charge in [0.25, 0.3) is 0 Å². The smallest absolute Gasteiger partial charge is 0.224 e. The van der Waals surface area contributed by atoms with Crippen LogP contribution in [-0.2, 0) is 4.79 Å². The molecule has 0 fully saturated rings. The summed E-state index contributed by atoms with van der Waals surface area (Å²) in [5.74, 6) is 0.511. The van der Waals surface area contributed by atoms with Gasteiger partial charge in [-0.15, -0.1) is 11.3 Å². The van der Waals surface area contributed by atoms with Crippen LogP contribution in [0.15, 0.2) is 36.4 Å². The lowest BCUT2D eigenvalue weighted by Gasteiger charge is -2.06. The third kappa shape index (κ3) is 4.43. The standard InChI is InChI=1S/C16H17NO3S/c1-11-6-8-15(21-11)14(18)7-9-16(19)17-12-4-3-5-13(10-12)20-2/h3-6,8,10H,7,9H2,1-2H3,(H,17,19). The minimum Gasteiger partial charge on any atom is -0.497 e. The Morgan fingerprint density at radius 2 is 2.00 bits per heavy atom. The predicted octanol–water partition coefficient (Wildman–Crippen LogP) is 3.67. The molecule has 0 saturated carbocycles. The van der Waals surface area contributed by atoms with Crippen LogP contribution in [0.4, 0.5) is 5.69 Å². The van der Waals surface area contributed by atoms with E-state index in [4.69, 9.17) is 4.74 Å². The zero-order chi connectivity index (χ0) is 15.2. The molecule has 4 nitrogen and oxygen atoms in total. The molecule has 0 spiro atoms. The summed E-state index contributed by atoms with van der Waals surface area (Å²) in [6, 6.07) is 10.8. The monoisotopic (exact) mass is 303 g/mol. The second-order valence-corrected chi connectivity index (χ2v) is 5.90. The van der Waals surface area contributed by atoms with Gasteiger partial charge in [0.05, 0.1) is 12.0 Å². The number of methoxy groups -OCH3 is 1. The van der Waals surface area contributed by atoms with Crippen LogP contribution in [0.2, 0.25) is 0 Å². The van der Waals surface area contributed by atoms with Crippen molar-refractivity contribution in [2.24, 2.45) is 0 Å². The highest BCUT2D eigenvalue weighted by Gasteiger charge is 2.11. The lowest BCUT2D eigenvalue weighted by molar-refractivity contribution is -0.116. The van der Waals surface area contributed by atoms with E-state index in [1.54, 1.807) is 31.4 Å². The first-order valence-corrected chi connectivity index (χ1v) is 7.43. The normalized spacial score (nSPS) is 10.2. The van der Waals surface area contributed by atoms with Crippen LogP contribution >= 0.6 is 11.3 Å². The Labute approximate surface area is 127 Å². The zero-order valence-electron chi connectivity index (χ0n) is 12.0. The highest BCUT2D eigenvalue weighted by Crippen LogP contribution is 2.19. The molecule has 0 aliphatic rings. The third-order valence-electron chi connectivity index (χ3n) is 2.95. The predicted molar refractivity (Wildman–Crippen MR) is 84.2 cm³/mol. The molecular formula is C16H17NO3S. The molecule has 0 aliphatic heterocycles. The van der Waals surface area contributed by atoms with Crippen LogP contribution in [0, 0.1) is 6.92 Å². The maximum atomic E-state index is 11.9. The highest BCUT2D eigenvalue weighted by atomic mass is 32.1. The molecule has 0 bridgehead atoms. The summed E-state index contributed by atoms with van der Waals surface area (Å²) in [5, 5.41) is 2.76. The third-order valence-corrected chi connectivity index (χ3v) is 3.99. The summed E-state index contributed by atoms with van der Waals surface area (Å²) in [6.45, 7) is 1.96. The average molecular weight is 303 g/mol. The lowest BCUT2D eigenvalue weighted by atomic mass is 10.2. The minimum absolute atomic E-state index is 0.00823. The molecule has 2 aromatic rings. The fourth-order valence-electron chi connectivity index (χ4n) is 1.86. The van der Waals surface area contributed by atoms with Gasteiger partial charge < -0.3 is 10.1 Å². The van der Waals surface area contributed by atoms with Crippen molar-refractivity contribution >= 4 is 28.7 Å². The molecule has 21 heavy (non-hydrogen) atoms. The van der Waals surface area contributed by atoms with E-state index >= 15 is 0 Å². The highest BCUT2D eigenvalue weighted by molar-refractivity contribution is 7.14. The van der Waals surface area contributed by atoms with E-state index in [0.717, 1.165) is 4.88 Å². The fraction of sp³-hybridized carbons (Fsp3) is 0.250. The number of aryl methyl sites for hydroxylation is 1. The minimum atomic E-state index is -0.176. The zero-order valence-corrected chi connectivity index (χ0v) is 12.8. The first kappa shape index (κ1) is 15.3. The van der Waals surface area contributed by atoms with Crippen molar-refractivity contribution in [3.63, 3.8) is 0 Å². The van der Waals surface area contributed by atoms with Crippen LogP contribution in [-0.4, -0.2) is 18.8 Å². The van der Waals surface area contributed by atoms with E-state index in [0.29, 0.717) is 16.3 Å². The molecule has 1 amide bonds. The number of thiophene rings is 1. The average Bonchev–Trinajstić information content (AvgIpc) is 2.91. The molecule has 0 saturated heterocycles. The number of Topliss-reactive ketones (excluding diaryl/α,β-unsaturated/α-hetero) is 1. The van der Waals surface area contributed by atoms with E-state index < -0.39 is 0 Å². The Kier molecular flexibility index (Phi) is 5.11. The maximum absolute atomic E-state index is 11.9. The Balaban J connectivity index is 1.85. The van der Waals surface area contributed by atoms with Gasteiger partial charge in [0.1, 0.15) is 5.75 Å². The summed E-state index contributed by atoms with van der Waals surface area (Å²) in [6.07, 6.45) is 0.392. The van der Waals surface area contributed by atoms with Crippen LogP contribution in [0.5, 0.6) is 5.75 Å². The number of carbonyl (C=O) groups is 2. The first-order chi connectivity index (χ1) is 10.1. The summed E-state index contributed by atoms with van der Waals surface area (Å²) >= 11 is 1.46. The summed E-state index contributed by atoms with van der Waals surface area (Å²) < 4.78 is 5.09. The number of hydrogen-bond donors (Lipinski definition) is 1. The summed E-state index contributed by atoms with van der Waals surface area (Å²) in [7, 11) is 1.57. The van der Waals surface area contributed by atoms with Gasteiger partial charge in [-0.3, -0.25) is 9.59 Å². The molecule has 1 N–H and O–H groups in total. The second kappa shape index (κ2) is 7.04. The van der Waals surface area contributed by atoms with Crippen molar-refractivity contribution in [3.8, 4) is 5.75 Å². The van der Waals surface area contributed by atoms with Gasteiger partial charge in [-0.1, -0.05) is 6.07 Å². The first-order valence-electron chi connectivity index (χ1n) is 6.62. The number of rotatable bonds is 6. The van der Waals surface area contributed by atoms with Crippen LogP contribution in [0.1, 0.15) is 27.4 Å². The molecule has 0 atom stereocenters. The second-order valence-electron chi connectivity index (χ2n) is 4.61. The van der Waals surface area contributed by atoms with E-state index in [2.05, 4.69) is 5.32 Å². The number of amides is 1. The van der Waals surface area contributed by atoms with Gasteiger partial charge >= 0.3 is 0 Å². The molecule has 5 heteroatoms. The van der Waals surface area contributed by atoms with Gasteiger partial charge in [0.2, 0.25) is 5.91 Å². The van der Waals surface area contributed by atoms with E-state index in [9.17, 15) is 9.59 Å². The van der Waals surface area contributed by atoms with Crippen molar-refractivity contribution in [2.75, 3.05) is 12.4 Å². The van der Waals surface area contributed by atoms with E-state index in [-0.39, 0.29) is 24.5 Å². The summed E-state index contributed by atoms with van der Waals surface area (Å²) in [5.41, 5.74) is 0.666. The topological polar surface area (TPSA) is 55.4 Å². The number of anilines is 1. The molecule has 1 aromatic carbocycles. The van der Waals surface area contributed by atoms with Gasteiger partial charge in [0, 0.05) is 29.5 Å². The summed E-state index contributed by atoms with van der Waals surface area (Å²) in [4.78, 5) is 25.6. The van der Waals surface area contributed by atoms with E-state index in [1.807, 2.05) is 19.1 Å². The molecule has 0 unspecified atom stereocenters. The molecule has 1 aromatic heterocycles. The van der Waals surface area contributed by atoms with Gasteiger partial charge in [-0.25, -0.2) is 0 Å². The quantitative estimate of drug-likeness (QED) is 0.828. The number of nitrogens with one attached hydrogen (secondary N) is 1. The Hall–Kier alpha value is -2.14. The molecule has 0 aliphatic carbocycles. The van der Waals surface area contributed by atoms with Crippen LogP contribution < -0.4 is 10.1 Å². The number of carbonyl (C=O) groups excluding carboxylic acids is 2. The number of ether oxygens (including phenoxy) is 1. The SMILES string of the molecule is COc1cccc(NC(=O)CCC(=O)c2ccc(C)s2)c1. The van der Waals surface area contributed by atoms with E-state index in [1.165, 1.54) is 11.3 Å². The molecule has 2 rings (SSSR count).